The molecule has 0 saturated heterocycles. The molecule has 0 bridgehead atoms. The average Bonchev–Trinajstić information content (AvgIpc) is 2.28. The zero-order chi connectivity index (χ0) is 12.1. The Balaban J connectivity index is 2.95. The summed E-state index contributed by atoms with van der Waals surface area (Å²) in [4.78, 5) is 11.9. The number of Topliss-reactive ketones (excluding diaryl/α,β-unsaturated/α-hetero) is 1. The van der Waals surface area contributed by atoms with Crippen molar-refractivity contribution in [3.63, 3.8) is 0 Å². The van der Waals surface area contributed by atoms with Crippen LogP contribution in [0.3, 0.4) is 0 Å². The summed E-state index contributed by atoms with van der Waals surface area (Å²) in [6, 6.07) is 5.90. The molecule has 2 nitrogen and oxygen atoms in total. The van der Waals surface area contributed by atoms with Crippen molar-refractivity contribution >= 4 is 17.4 Å². The molecule has 0 fully saturated rings. The first-order chi connectivity index (χ1) is 7.60. The Bertz CT molecular complexity index is 439. The van der Waals surface area contributed by atoms with Crippen LogP contribution >= 0.6 is 11.6 Å². The molecule has 0 aliphatic carbocycles. The molecular weight excluding hydrogens is 229 g/mol. The molecule has 0 amide bonds. The van der Waals surface area contributed by atoms with Gasteiger partial charge in [0.2, 0.25) is 0 Å². The van der Waals surface area contributed by atoms with E-state index >= 15 is 0 Å². The van der Waals surface area contributed by atoms with Crippen molar-refractivity contribution in [2.24, 2.45) is 5.92 Å². The van der Waals surface area contributed by atoms with Gasteiger partial charge in [0.25, 0.3) is 0 Å². The van der Waals surface area contributed by atoms with Crippen LogP contribution in [0.1, 0.15) is 30.1 Å². The first-order valence-electron chi connectivity index (χ1n) is 4.96. The van der Waals surface area contributed by atoms with Crippen LogP contribution in [0, 0.1) is 23.1 Å². The fourth-order valence-electron chi connectivity index (χ4n) is 1.42. The molecule has 1 aromatic carbocycles. The Morgan fingerprint density at radius 3 is 2.81 bits per heavy atom. The fraction of sp³-hybridized carbons (Fsp3) is 0.333. The molecular formula is C12H11ClFNO. The molecule has 4 heteroatoms. The number of carbonyl (C=O) groups is 1. The number of nitrogens with zero attached hydrogens (tertiary/aromatic N) is 1. The van der Waals surface area contributed by atoms with E-state index in [1.165, 1.54) is 12.1 Å². The molecule has 0 radical (unpaired) electrons. The zero-order valence-electron chi connectivity index (χ0n) is 8.84. The number of ketones is 1. The summed E-state index contributed by atoms with van der Waals surface area (Å²) in [5.41, 5.74) is 0.268. The molecule has 0 heterocycles. The van der Waals surface area contributed by atoms with E-state index in [4.69, 9.17) is 16.9 Å². The van der Waals surface area contributed by atoms with Gasteiger partial charge in [-0.2, -0.15) is 5.26 Å². The number of benzene rings is 1. The van der Waals surface area contributed by atoms with Gasteiger partial charge in [0.15, 0.2) is 5.78 Å². The lowest BCUT2D eigenvalue weighted by Gasteiger charge is -2.09. The minimum absolute atomic E-state index is 0.00937. The van der Waals surface area contributed by atoms with E-state index in [9.17, 15) is 9.18 Å². The number of hydrogen-bond acceptors (Lipinski definition) is 2. The SMILES string of the molecule is CCC(CC#N)C(=O)c1ccc(Cl)c(F)c1. The standard InChI is InChI=1S/C12H11ClFNO/c1-2-8(5-6-15)12(16)9-3-4-10(13)11(14)7-9/h3-4,7-8H,2,5H2,1H3. The number of nitriles is 1. The molecule has 0 saturated carbocycles. The van der Waals surface area contributed by atoms with Crippen LogP contribution < -0.4 is 0 Å². The second kappa shape index (κ2) is 5.62. The number of hydrogen-bond donors (Lipinski definition) is 0. The van der Waals surface area contributed by atoms with Crippen molar-refractivity contribution in [2.75, 3.05) is 0 Å². The number of carbonyl (C=O) groups excluding carboxylic acids is 1. The average molecular weight is 240 g/mol. The Labute approximate surface area is 98.6 Å². The number of halogens is 2. The van der Waals surface area contributed by atoms with Crippen LogP contribution in [0.2, 0.25) is 5.02 Å². The molecule has 1 atom stereocenters. The van der Waals surface area contributed by atoms with Crippen molar-refractivity contribution in [3.05, 3.63) is 34.6 Å². The molecule has 0 spiro atoms. The second-order valence-corrected chi connectivity index (χ2v) is 3.87. The van der Waals surface area contributed by atoms with Crippen LogP contribution in [-0.2, 0) is 0 Å². The Morgan fingerprint density at radius 1 is 1.62 bits per heavy atom. The molecule has 0 aliphatic heterocycles. The highest BCUT2D eigenvalue weighted by atomic mass is 35.5. The maximum absolute atomic E-state index is 13.1. The van der Waals surface area contributed by atoms with E-state index in [1.807, 2.05) is 13.0 Å². The lowest BCUT2D eigenvalue weighted by molar-refractivity contribution is 0.0918. The van der Waals surface area contributed by atoms with Crippen LogP contribution in [0.15, 0.2) is 18.2 Å². The molecule has 0 aliphatic rings. The van der Waals surface area contributed by atoms with Gasteiger partial charge in [0, 0.05) is 17.9 Å². The third-order valence-corrected chi connectivity index (χ3v) is 2.71. The van der Waals surface area contributed by atoms with Crippen LogP contribution in [0.5, 0.6) is 0 Å². The van der Waals surface area contributed by atoms with Crippen LogP contribution in [0.25, 0.3) is 0 Å². The second-order valence-electron chi connectivity index (χ2n) is 3.46. The van der Waals surface area contributed by atoms with E-state index < -0.39 is 5.82 Å². The molecule has 1 rings (SSSR count). The van der Waals surface area contributed by atoms with Crippen molar-refractivity contribution in [1.29, 1.82) is 5.26 Å². The van der Waals surface area contributed by atoms with Crippen molar-refractivity contribution in [1.82, 2.24) is 0 Å². The summed E-state index contributed by atoms with van der Waals surface area (Å²) < 4.78 is 13.1. The van der Waals surface area contributed by atoms with Gasteiger partial charge in [0.05, 0.1) is 11.1 Å². The van der Waals surface area contributed by atoms with Gasteiger partial charge >= 0.3 is 0 Å². The van der Waals surface area contributed by atoms with Crippen molar-refractivity contribution in [3.8, 4) is 6.07 Å². The largest absolute Gasteiger partial charge is 0.294 e. The van der Waals surface area contributed by atoms with E-state index in [0.29, 0.717) is 6.42 Å². The third-order valence-electron chi connectivity index (χ3n) is 2.41. The quantitative estimate of drug-likeness (QED) is 0.754. The van der Waals surface area contributed by atoms with E-state index in [-0.39, 0.29) is 28.7 Å². The molecule has 16 heavy (non-hydrogen) atoms. The molecule has 84 valence electrons. The summed E-state index contributed by atoms with van der Waals surface area (Å²) in [5, 5.41) is 8.56. The maximum atomic E-state index is 13.1. The van der Waals surface area contributed by atoms with Crippen molar-refractivity contribution in [2.45, 2.75) is 19.8 Å². The fourth-order valence-corrected chi connectivity index (χ4v) is 1.54. The Morgan fingerprint density at radius 2 is 2.31 bits per heavy atom. The van der Waals surface area contributed by atoms with Crippen molar-refractivity contribution < 1.29 is 9.18 Å². The van der Waals surface area contributed by atoms with Gasteiger partial charge in [-0.3, -0.25) is 4.79 Å². The lowest BCUT2D eigenvalue weighted by atomic mass is 9.93. The van der Waals surface area contributed by atoms with Crippen LogP contribution in [-0.4, -0.2) is 5.78 Å². The summed E-state index contributed by atoms with van der Waals surface area (Å²) in [5.74, 6) is -1.19. The minimum Gasteiger partial charge on any atom is -0.294 e. The summed E-state index contributed by atoms with van der Waals surface area (Å²) >= 11 is 5.52. The van der Waals surface area contributed by atoms with Gasteiger partial charge < -0.3 is 0 Å². The lowest BCUT2D eigenvalue weighted by Crippen LogP contribution is -2.13. The highest BCUT2D eigenvalue weighted by molar-refractivity contribution is 6.30. The topological polar surface area (TPSA) is 40.9 Å². The zero-order valence-corrected chi connectivity index (χ0v) is 9.59. The smallest absolute Gasteiger partial charge is 0.167 e. The minimum atomic E-state index is -0.612. The van der Waals surface area contributed by atoms with Gasteiger partial charge in [-0.1, -0.05) is 18.5 Å². The maximum Gasteiger partial charge on any atom is 0.167 e. The Kier molecular flexibility index (Phi) is 4.45. The highest BCUT2D eigenvalue weighted by Crippen LogP contribution is 2.20. The summed E-state index contributed by atoms with van der Waals surface area (Å²) in [7, 11) is 0. The first kappa shape index (κ1) is 12.7. The molecule has 1 unspecified atom stereocenters. The van der Waals surface area contributed by atoms with Gasteiger partial charge in [-0.25, -0.2) is 4.39 Å². The van der Waals surface area contributed by atoms with Gasteiger partial charge in [-0.15, -0.1) is 0 Å². The van der Waals surface area contributed by atoms with Crippen LogP contribution in [0.4, 0.5) is 4.39 Å². The monoisotopic (exact) mass is 239 g/mol. The Hall–Kier alpha value is -1.40. The molecule has 0 N–H and O–H groups in total. The highest BCUT2D eigenvalue weighted by Gasteiger charge is 2.18. The van der Waals surface area contributed by atoms with Gasteiger partial charge in [-0.05, 0) is 24.6 Å². The van der Waals surface area contributed by atoms with Gasteiger partial charge in [0.1, 0.15) is 5.82 Å². The third kappa shape index (κ3) is 2.80. The first-order valence-corrected chi connectivity index (χ1v) is 5.34. The van der Waals surface area contributed by atoms with E-state index in [0.717, 1.165) is 6.07 Å². The predicted molar refractivity (Wildman–Crippen MR) is 59.8 cm³/mol. The normalized spacial score (nSPS) is 11.9. The summed E-state index contributed by atoms with van der Waals surface area (Å²) in [6.45, 7) is 1.83. The predicted octanol–water partition coefficient (Wildman–Crippen LogP) is 3.60. The molecule has 0 aromatic heterocycles. The summed E-state index contributed by atoms with van der Waals surface area (Å²) in [6.07, 6.45) is 0.718. The number of rotatable bonds is 4. The van der Waals surface area contributed by atoms with E-state index in [1.54, 1.807) is 0 Å². The van der Waals surface area contributed by atoms with E-state index in [2.05, 4.69) is 0 Å². The molecule has 1 aromatic rings.